The number of rotatable bonds is 14. The van der Waals surface area contributed by atoms with E-state index >= 15 is 0 Å². The van der Waals surface area contributed by atoms with Crippen molar-refractivity contribution in [3.8, 4) is 22.4 Å². The van der Waals surface area contributed by atoms with E-state index in [0.717, 1.165) is 33.6 Å². The van der Waals surface area contributed by atoms with Gasteiger partial charge in [0.15, 0.2) is 6.29 Å². The first kappa shape index (κ1) is 35.0. The maximum atomic E-state index is 14.4. The predicted octanol–water partition coefficient (Wildman–Crippen LogP) is 10.0. The summed E-state index contributed by atoms with van der Waals surface area (Å²) in [6.45, 7) is 9.48. The minimum atomic E-state index is -0.426. The number of carbonyl (C=O) groups excluding carboxylic acids is 1. The minimum absolute atomic E-state index is 0.0129. The number of hydrogen-bond donors (Lipinski definition) is 1. The van der Waals surface area contributed by atoms with E-state index in [0.29, 0.717) is 50.3 Å². The molecule has 0 aliphatic carbocycles. The summed E-state index contributed by atoms with van der Waals surface area (Å²) in [5.74, 6) is -0.523. The van der Waals surface area contributed by atoms with Gasteiger partial charge in [0.25, 0.3) is 5.91 Å². The highest BCUT2D eigenvalue weighted by Gasteiger charge is 2.34. The van der Waals surface area contributed by atoms with Gasteiger partial charge in [-0.05, 0) is 65.4 Å². The number of aromatic nitrogens is 1. The maximum absolute atomic E-state index is 14.4. The number of anilines is 1. The molecule has 1 amide bonds. The molecule has 0 bridgehead atoms. The average Bonchev–Trinajstić information content (AvgIpc) is 3.49. The highest BCUT2D eigenvalue weighted by atomic mass is 19.1. The van der Waals surface area contributed by atoms with Crippen LogP contribution in [0.2, 0.25) is 0 Å². The van der Waals surface area contributed by atoms with Gasteiger partial charge in [-0.2, -0.15) is 0 Å². The highest BCUT2D eigenvalue weighted by molar-refractivity contribution is 6.12. The number of ether oxygens (including phenoxy) is 3. The Hall–Kier alpha value is -4.82. The van der Waals surface area contributed by atoms with Crippen molar-refractivity contribution >= 4 is 11.6 Å². The molecule has 6 rings (SSSR count). The molecule has 1 aromatic heterocycles. The molecule has 1 N–H and O–H groups in total. The first-order chi connectivity index (χ1) is 24.4. The van der Waals surface area contributed by atoms with Crippen molar-refractivity contribution in [3.63, 3.8) is 0 Å². The Morgan fingerprint density at radius 2 is 1.56 bits per heavy atom. The van der Waals surface area contributed by atoms with Gasteiger partial charge in [0.1, 0.15) is 5.82 Å². The lowest BCUT2D eigenvalue weighted by Gasteiger charge is -2.35. The number of hydrogen-bond acceptors (Lipinski definition) is 4. The Morgan fingerprint density at radius 1 is 0.900 bits per heavy atom. The summed E-state index contributed by atoms with van der Waals surface area (Å²) in [5, 5.41) is 3.15. The molecule has 3 atom stereocenters. The number of benzene rings is 4. The molecule has 1 aliphatic rings. The van der Waals surface area contributed by atoms with Gasteiger partial charge in [-0.3, -0.25) is 4.79 Å². The van der Waals surface area contributed by atoms with Crippen molar-refractivity contribution in [1.29, 1.82) is 0 Å². The van der Waals surface area contributed by atoms with Crippen LogP contribution in [0.1, 0.15) is 60.6 Å². The molecule has 0 radical (unpaired) electrons. The predicted molar refractivity (Wildman–Crippen MR) is 197 cm³/mol. The molecule has 0 saturated carbocycles. The summed E-state index contributed by atoms with van der Waals surface area (Å²) in [5.41, 5.74) is 6.76. The third kappa shape index (κ3) is 8.48. The summed E-state index contributed by atoms with van der Waals surface area (Å²) in [7, 11) is 0. The molecule has 2 heterocycles. The Bertz CT molecular complexity index is 1840. The third-order valence-electron chi connectivity index (χ3n) is 9.02. The van der Waals surface area contributed by atoms with Crippen molar-refractivity contribution in [2.75, 3.05) is 11.9 Å². The van der Waals surface area contributed by atoms with Gasteiger partial charge in [-0.15, -0.1) is 6.58 Å². The molecule has 4 aromatic carbocycles. The molecule has 1 fully saturated rings. The molecule has 258 valence electrons. The number of nitrogens with one attached hydrogen (secondary N) is 1. The van der Waals surface area contributed by atoms with Crippen LogP contribution in [-0.4, -0.2) is 35.6 Å². The number of nitrogens with zero attached hydrogens (tertiary/aromatic N) is 1. The van der Waals surface area contributed by atoms with E-state index in [9.17, 15) is 9.18 Å². The third-order valence-corrected chi connectivity index (χ3v) is 9.02. The number of carbonyl (C=O) groups is 1. The zero-order chi connectivity index (χ0) is 34.9. The monoisotopic (exact) mass is 672 g/mol. The average molecular weight is 673 g/mol. The molecule has 0 spiro atoms. The molecule has 5 aromatic rings. The first-order valence-corrected chi connectivity index (χ1v) is 17.4. The molecular formula is C43H45FN2O4. The fourth-order valence-corrected chi connectivity index (χ4v) is 6.80. The van der Waals surface area contributed by atoms with E-state index in [-0.39, 0.29) is 29.9 Å². The fraction of sp³-hybridized carbons (Fsp3) is 0.279. The molecule has 7 heteroatoms. The van der Waals surface area contributed by atoms with E-state index in [1.807, 2.05) is 78.9 Å². The fourth-order valence-electron chi connectivity index (χ4n) is 6.80. The van der Waals surface area contributed by atoms with Crippen molar-refractivity contribution in [2.45, 2.75) is 70.7 Å². The largest absolute Gasteiger partial charge is 0.373 e. The van der Waals surface area contributed by atoms with Crippen LogP contribution >= 0.6 is 0 Å². The van der Waals surface area contributed by atoms with Crippen LogP contribution in [0.3, 0.4) is 0 Å². The summed E-state index contributed by atoms with van der Waals surface area (Å²) >= 11 is 0. The van der Waals surface area contributed by atoms with E-state index in [1.165, 1.54) is 12.1 Å². The topological polar surface area (TPSA) is 61.7 Å². The molecule has 1 saturated heterocycles. The summed E-state index contributed by atoms with van der Waals surface area (Å²) < 4.78 is 35.5. The van der Waals surface area contributed by atoms with E-state index in [4.69, 9.17) is 14.2 Å². The highest BCUT2D eigenvalue weighted by Crippen LogP contribution is 2.43. The van der Waals surface area contributed by atoms with Crippen molar-refractivity contribution in [2.24, 2.45) is 0 Å². The lowest BCUT2D eigenvalue weighted by atomic mass is 9.94. The van der Waals surface area contributed by atoms with Crippen molar-refractivity contribution in [3.05, 3.63) is 151 Å². The first-order valence-electron chi connectivity index (χ1n) is 17.4. The quantitative estimate of drug-likeness (QED) is 0.119. The van der Waals surface area contributed by atoms with Crippen molar-refractivity contribution in [1.82, 2.24) is 4.57 Å². The van der Waals surface area contributed by atoms with Crippen LogP contribution < -0.4 is 5.32 Å². The molecule has 1 aliphatic heterocycles. The normalized spacial score (nSPS) is 17.5. The number of halogens is 1. The number of amides is 1. The summed E-state index contributed by atoms with van der Waals surface area (Å²) in [6, 6.07) is 36.1. The molecule has 1 unspecified atom stereocenters. The Kier molecular flexibility index (Phi) is 11.7. The van der Waals surface area contributed by atoms with Gasteiger partial charge < -0.3 is 24.1 Å². The van der Waals surface area contributed by atoms with Gasteiger partial charge in [0, 0.05) is 36.3 Å². The summed E-state index contributed by atoms with van der Waals surface area (Å²) in [6.07, 6.45) is 3.06. The molecule has 50 heavy (non-hydrogen) atoms. The summed E-state index contributed by atoms with van der Waals surface area (Å²) in [4.78, 5) is 14.4. The zero-order valence-corrected chi connectivity index (χ0v) is 28.8. The zero-order valence-electron chi connectivity index (χ0n) is 28.8. The van der Waals surface area contributed by atoms with Crippen LogP contribution in [0.15, 0.2) is 128 Å². The number of para-hydroxylation sites is 1. The second-order valence-corrected chi connectivity index (χ2v) is 13.0. The lowest BCUT2D eigenvalue weighted by molar-refractivity contribution is -0.220. The molecule has 6 nitrogen and oxygen atoms in total. The standard InChI is InChI=1S/C43H45FN2O4/c1-4-26-48-38-28-37(49-29-31-14-8-5-9-15-31)27-36(50-38)24-25-46-41(30(2)3)40(43(47)45-35-18-12-7-13-19-35)39(32-16-10-6-11-17-32)42(46)33-20-22-34(44)23-21-33/h4-23,30,36-38H,1,24-29H2,2-3H3,(H,45,47)/t36-,37-,38?/m1/s1. The Balaban J connectivity index is 1.40. The Labute approximate surface area is 294 Å². The van der Waals surface area contributed by atoms with E-state index in [2.05, 4.69) is 42.4 Å². The van der Waals surface area contributed by atoms with E-state index in [1.54, 1.807) is 18.2 Å². The van der Waals surface area contributed by atoms with Crippen LogP contribution in [-0.2, 0) is 27.4 Å². The van der Waals surface area contributed by atoms with Gasteiger partial charge in [0.2, 0.25) is 0 Å². The van der Waals surface area contributed by atoms with Gasteiger partial charge in [0.05, 0.1) is 36.7 Å². The Morgan fingerprint density at radius 3 is 2.22 bits per heavy atom. The van der Waals surface area contributed by atoms with E-state index < -0.39 is 6.29 Å². The van der Waals surface area contributed by atoms with Gasteiger partial charge >= 0.3 is 0 Å². The van der Waals surface area contributed by atoms with Gasteiger partial charge in [-0.25, -0.2) is 4.39 Å². The smallest absolute Gasteiger partial charge is 0.258 e. The lowest BCUT2D eigenvalue weighted by Crippen LogP contribution is -2.39. The van der Waals surface area contributed by atoms with Crippen LogP contribution in [0.5, 0.6) is 0 Å². The second kappa shape index (κ2) is 16.7. The minimum Gasteiger partial charge on any atom is -0.373 e. The maximum Gasteiger partial charge on any atom is 0.258 e. The van der Waals surface area contributed by atoms with Crippen molar-refractivity contribution < 1.29 is 23.4 Å². The van der Waals surface area contributed by atoms with Gasteiger partial charge in [-0.1, -0.05) is 98.8 Å². The van der Waals surface area contributed by atoms with Crippen LogP contribution in [0.4, 0.5) is 10.1 Å². The second-order valence-electron chi connectivity index (χ2n) is 13.0. The molecular weight excluding hydrogens is 627 g/mol. The van der Waals surface area contributed by atoms with Crippen LogP contribution in [0.25, 0.3) is 22.4 Å². The SMILES string of the molecule is C=CCOC1C[C@H](OCc2ccccc2)C[C@@H](CCn2c(-c3ccc(F)cc3)c(-c3ccccc3)c(C(=O)Nc3ccccc3)c2C(C)C)O1. The van der Waals surface area contributed by atoms with Crippen LogP contribution in [0, 0.1) is 5.82 Å².